The monoisotopic (exact) mass is 322 g/mol. The fourth-order valence-corrected chi connectivity index (χ4v) is 2.79. The minimum Gasteiger partial charge on any atom is -0.480 e. The van der Waals surface area contributed by atoms with E-state index in [0.29, 0.717) is 16.4 Å². The summed E-state index contributed by atoms with van der Waals surface area (Å²) in [5.74, 6) is -1.79. The molecule has 0 radical (unpaired) electrons. The number of carbonyl (C=O) groups excluding carboxylic acids is 2. The third-order valence-corrected chi connectivity index (χ3v) is 4.29. The number of hydrogen-bond donors (Lipinski definition) is 1. The van der Waals surface area contributed by atoms with E-state index in [-0.39, 0.29) is 12.3 Å². The highest BCUT2D eigenvalue weighted by Crippen LogP contribution is 2.28. The summed E-state index contributed by atoms with van der Waals surface area (Å²) < 4.78 is 4.60. The number of hydrogen-bond acceptors (Lipinski definition) is 6. The Hall–Kier alpha value is -2.35. The van der Waals surface area contributed by atoms with Gasteiger partial charge >= 0.3 is 11.9 Å². The molecule has 1 amide bonds. The number of carboxylic acids is 1. The van der Waals surface area contributed by atoms with Gasteiger partial charge in [-0.1, -0.05) is 11.8 Å². The van der Waals surface area contributed by atoms with Crippen molar-refractivity contribution in [3.8, 4) is 0 Å². The molecule has 1 aliphatic rings. The summed E-state index contributed by atoms with van der Waals surface area (Å²) in [6.07, 6.45) is -0.0587. The van der Waals surface area contributed by atoms with Gasteiger partial charge in [0.15, 0.2) is 5.17 Å². The van der Waals surface area contributed by atoms with E-state index in [1.54, 1.807) is 31.3 Å². The smallest absolute Gasteiger partial charge is 0.337 e. The van der Waals surface area contributed by atoms with Crippen LogP contribution in [-0.2, 0) is 14.3 Å². The zero-order valence-corrected chi connectivity index (χ0v) is 12.8. The number of carboxylic acid groups (broad SMARTS) is 1. The van der Waals surface area contributed by atoms with E-state index >= 15 is 0 Å². The van der Waals surface area contributed by atoms with Crippen LogP contribution in [0.25, 0.3) is 0 Å². The molecule has 0 aliphatic carbocycles. The molecule has 1 N–H and O–H groups in total. The molecule has 1 aromatic rings. The Labute approximate surface area is 131 Å². The molecule has 1 heterocycles. The summed E-state index contributed by atoms with van der Waals surface area (Å²) in [7, 11) is 2.84. The van der Waals surface area contributed by atoms with Crippen molar-refractivity contribution < 1.29 is 24.2 Å². The van der Waals surface area contributed by atoms with Crippen LogP contribution in [-0.4, -0.2) is 52.4 Å². The number of benzene rings is 1. The van der Waals surface area contributed by atoms with Gasteiger partial charge in [0.1, 0.15) is 5.25 Å². The number of rotatable bonds is 3. The summed E-state index contributed by atoms with van der Waals surface area (Å²) in [5.41, 5.74) is 0.899. The van der Waals surface area contributed by atoms with Crippen LogP contribution in [0, 0.1) is 0 Å². The average Bonchev–Trinajstić information content (AvgIpc) is 2.51. The highest BCUT2D eigenvalue weighted by Gasteiger charge is 2.33. The summed E-state index contributed by atoms with van der Waals surface area (Å²) in [5, 5.41) is 8.53. The molecule has 8 heteroatoms. The van der Waals surface area contributed by atoms with Crippen molar-refractivity contribution in [3.05, 3.63) is 29.8 Å². The van der Waals surface area contributed by atoms with E-state index in [0.717, 1.165) is 11.8 Å². The van der Waals surface area contributed by atoms with Crippen molar-refractivity contribution in [2.24, 2.45) is 4.99 Å². The second kappa shape index (κ2) is 6.61. The van der Waals surface area contributed by atoms with Crippen molar-refractivity contribution in [2.45, 2.75) is 11.7 Å². The summed E-state index contributed by atoms with van der Waals surface area (Å²) >= 11 is 1.03. The van der Waals surface area contributed by atoms with Gasteiger partial charge in [-0.3, -0.25) is 14.5 Å². The highest BCUT2D eigenvalue weighted by atomic mass is 32.2. The van der Waals surface area contributed by atoms with Crippen LogP contribution in [0.2, 0.25) is 0 Å². The number of methoxy groups -OCH3 is 1. The predicted octanol–water partition coefficient (Wildman–Crippen LogP) is 1.51. The molecule has 0 spiro atoms. The van der Waals surface area contributed by atoms with E-state index in [1.807, 2.05) is 0 Å². The molecular weight excluding hydrogens is 308 g/mol. The molecule has 22 heavy (non-hydrogen) atoms. The topological polar surface area (TPSA) is 96.3 Å². The molecule has 7 nitrogen and oxygen atoms in total. The van der Waals surface area contributed by atoms with Gasteiger partial charge < -0.3 is 9.84 Å². The van der Waals surface area contributed by atoms with E-state index in [4.69, 9.17) is 5.11 Å². The van der Waals surface area contributed by atoms with Crippen LogP contribution in [0.15, 0.2) is 29.3 Å². The lowest BCUT2D eigenvalue weighted by Gasteiger charge is -2.27. The van der Waals surface area contributed by atoms with E-state index < -0.39 is 17.2 Å². The third kappa shape index (κ3) is 3.45. The SMILES string of the molecule is COC(=O)c1ccc(N=C2S[C@@H](C(=O)O)CC(=O)N2C)cc1. The second-order valence-corrected chi connectivity index (χ2v) is 5.70. The van der Waals surface area contributed by atoms with E-state index in [9.17, 15) is 14.4 Å². The first kappa shape index (κ1) is 16.0. The number of aliphatic imine (C=N–C) groups is 1. The Morgan fingerprint density at radius 1 is 1.36 bits per heavy atom. The molecule has 1 aliphatic heterocycles. The average molecular weight is 322 g/mol. The fraction of sp³-hybridized carbons (Fsp3) is 0.286. The summed E-state index contributed by atoms with van der Waals surface area (Å²) in [6.45, 7) is 0. The lowest BCUT2D eigenvalue weighted by molar-refractivity contribution is -0.139. The summed E-state index contributed by atoms with van der Waals surface area (Å²) in [6, 6.07) is 6.30. The Kier molecular flexibility index (Phi) is 4.81. The molecule has 0 bridgehead atoms. The largest absolute Gasteiger partial charge is 0.480 e. The predicted molar refractivity (Wildman–Crippen MR) is 81.3 cm³/mol. The minimum atomic E-state index is -1.04. The number of amides is 1. The van der Waals surface area contributed by atoms with Crippen LogP contribution in [0.1, 0.15) is 16.8 Å². The van der Waals surface area contributed by atoms with E-state index in [2.05, 4.69) is 9.73 Å². The first-order chi connectivity index (χ1) is 10.4. The third-order valence-electron chi connectivity index (χ3n) is 3.06. The molecule has 1 fully saturated rings. The standard InChI is InChI=1S/C14H14N2O5S/c1-16-11(17)7-10(12(18)19)22-14(16)15-9-5-3-8(4-6-9)13(20)21-2/h3-6,10H,7H2,1-2H3,(H,18,19)/t10-/m1/s1. The Bertz CT molecular complexity index is 641. The molecule has 0 aromatic heterocycles. The lowest BCUT2D eigenvalue weighted by Crippen LogP contribution is -2.41. The van der Waals surface area contributed by atoms with Gasteiger partial charge in [-0.05, 0) is 24.3 Å². The number of amidine groups is 1. The molecule has 1 atom stereocenters. The maximum atomic E-state index is 11.8. The lowest BCUT2D eigenvalue weighted by atomic mass is 10.2. The molecule has 0 saturated carbocycles. The first-order valence-electron chi connectivity index (χ1n) is 6.35. The maximum Gasteiger partial charge on any atom is 0.337 e. The number of ether oxygens (including phenoxy) is 1. The molecular formula is C14H14N2O5S. The normalized spacial score (nSPS) is 20.1. The minimum absolute atomic E-state index is 0.0587. The van der Waals surface area contributed by atoms with Crippen LogP contribution >= 0.6 is 11.8 Å². The Balaban J connectivity index is 2.24. The number of nitrogens with zero attached hydrogens (tertiary/aromatic N) is 2. The Morgan fingerprint density at radius 3 is 2.55 bits per heavy atom. The van der Waals surface area contributed by atoms with Crippen molar-refractivity contribution >= 4 is 40.5 Å². The van der Waals surface area contributed by atoms with Gasteiger partial charge in [-0.2, -0.15) is 0 Å². The van der Waals surface area contributed by atoms with Gasteiger partial charge in [-0.15, -0.1) is 0 Å². The van der Waals surface area contributed by atoms with Crippen LogP contribution in [0.3, 0.4) is 0 Å². The van der Waals surface area contributed by atoms with Crippen molar-refractivity contribution in [1.82, 2.24) is 4.90 Å². The first-order valence-corrected chi connectivity index (χ1v) is 7.23. The molecule has 1 saturated heterocycles. The van der Waals surface area contributed by atoms with Crippen molar-refractivity contribution in [3.63, 3.8) is 0 Å². The summed E-state index contributed by atoms with van der Waals surface area (Å²) in [4.78, 5) is 39.8. The zero-order chi connectivity index (χ0) is 16.3. The highest BCUT2D eigenvalue weighted by molar-refractivity contribution is 8.15. The molecule has 1 aromatic carbocycles. The quantitative estimate of drug-likeness (QED) is 0.847. The Morgan fingerprint density at radius 2 is 2.00 bits per heavy atom. The maximum absolute atomic E-state index is 11.8. The fourth-order valence-electron chi connectivity index (χ4n) is 1.79. The van der Waals surface area contributed by atoms with Gasteiger partial charge in [0.2, 0.25) is 5.91 Å². The number of esters is 1. The number of thioether (sulfide) groups is 1. The second-order valence-electron chi connectivity index (χ2n) is 4.53. The van der Waals surface area contributed by atoms with Gasteiger partial charge in [0.25, 0.3) is 0 Å². The number of carbonyl (C=O) groups is 3. The van der Waals surface area contributed by atoms with Crippen molar-refractivity contribution in [1.29, 1.82) is 0 Å². The molecule has 0 unspecified atom stereocenters. The van der Waals surface area contributed by atoms with Crippen LogP contribution in [0.4, 0.5) is 5.69 Å². The number of aliphatic carboxylic acids is 1. The molecule has 116 valence electrons. The van der Waals surface area contributed by atoms with Gasteiger partial charge in [0.05, 0.1) is 24.8 Å². The van der Waals surface area contributed by atoms with Gasteiger partial charge in [0, 0.05) is 7.05 Å². The zero-order valence-electron chi connectivity index (χ0n) is 12.0. The molecule has 2 rings (SSSR count). The van der Waals surface area contributed by atoms with Gasteiger partial charge in [-0.25, -0.2) is 9.79 Å². The van der Waals surface area contributed by atoms with Crippen LogP contribution in [0.5, 0.6) is 0 Å². The van der Waals surface area contributed by atoms with E-state index in [1.165, 1.54) is 12.0 Å². The van der Waals surface area contributed by atoms with Crippen molar-refractivity contribution in [2.75, 3.05) is 14.2 Å². The van der Waals surface area contributed by atoms with Crippen LogP contribution < -0.4 is 0 Å².